The summed E-state index contributed by atoms with van der Waals surface area (Å²) in [5.41, 5.74) is 8.05. The second-order valence-electron chi connectivity index (χ2n) is 4.86. The van der Waals surface area contributed by atoms with Crippen LogP contribution in [-0.2, 0) is 9.84 Å². The molecule has 0 spiro atoms. The molecule has 0 amide bonds. The molecule has 0 aromatic heterocycles. The van der Waals surface area contributed by atoms with Crippen LogP contribution >= 0.6 is 12.4 Å². The topological polar surface area (TPSA) is 60.2 Å². The highest BCUT2D eigenvalue weighted by Crippen LogP contribution is 2.26. The van der Waals surface area contributed by atoms with E-state index >= 15 is 0 Å². The van der Waals surface area contributed by atoms with E-state index in [1.807, 2.05) is 37.3 Å². The van der Waals surface area contributed by atoms with E-state index in [-0.39, 0.29) is 17.3 Å². The summed E-state index contributed by atoms with van der Waals surface area (Å²) < 4.78 is 24.6. The molecule has 3 nitrogen and oxygen atoms in total. The van der Waals surface area contributed by atoms with E-state index in [1.165, 1.54) is 11.5 Å². The maximum atomic E-state index is 12.3. The Bertz CT molecular complexity index is 741. The van der Waals surface area contributed by atoms with Gasteiger partial charge in [0.15, 0.2) is 9.84 Å². The molecule has 0 aliphatic rings. The number of hydrogen-bond donors (Lipinski definition) is 1. The van der Waals surface area contributed by atoms with Gasteiger partial charge >= 0.3 is 0 Å². The summed E-state index contributed by atoms with van der Waals surface area (Å²) >= 11 is 0. The van der Waals surface area contributed by atoms with E-state index in [0.717, 1.165) is 24.0 Å². The summed E-state index contributed by atoms with van der Waals surface area (Å²) in [6.07, 6.45) is 3.34. The van der Waals surface area contributed by atoms with Crippen molar-refractivity contribution in [3.05, 3.63) is 60.0 Å². The third-order valence-corrected chi connectivity index (χ3v) is 4.54. The highest BCUT2D eigenvalue weighted by Gasteiger charge is 2.12. The van der Waals surface area contributed by atoms with Crippen LogP contribution < -0.4 is 5.73 Å². The number of anilines is 1. The first-order chi connectivity index (χ1) is 10.0. The molecule has 0 radical (unpaired) electrons. The number of nitrogens with two attached hydrogens (primary N) is 1. The standard InChI is InChI=1S/C17H19NO2S.ClH/c1-2-3-7-10-21(19,20)17-12-15(11-16(18)13-17)14-8-5-4-6-9-14;/h4-13H,2-3,18H2,1H3;1H/b10-7+;. The minimum absolute atomic E-state index is 0. The third kappa shape index (κ3) is 4.61. The number of benzene rings is 2. The first kappa shape index (κ1) is 18.3. The predicted molar refractivity (Wildman–Crippen MR) is 94.8 cm³/mol. The van der Waals surface area contributed by atoms with Gasteiger partial charge in [0.25, 0.3) is 0 Å². The molecule has 5 heteroatoms. The number of sulfone groups is 1. The molecule has 0 aliphatic carbocycles. The normalized spacial score (nSPS) is 11.3. The fraction of sp³-hybridized carbons (Fsp3) is 0.176. The lowest BCUT2D eigenvalue weighted by Crippen LogP contribution is -1.99. The highest BCUT2D eigenvalue weighted by molar-refractivity contribution is 7.94. The Morgan fingerprint density at radius 2 is 1.73 bits per heavy atom. The van der Waals surface area contributed by atoms with Crippen molar-refractivity contribution in [3.8, 4) is 11.1 Å². The van der Waals surface area contributed by atoms with E-state index in [1.54, 1.807) is 18.2 Å². The molecule has 0 fully saturated rings. The van der Waals surface area contributed by atoms with Crippen LogP contribution in [0.5, 0.6) is 0 Å². The zero-order valence-corrected chi connectivity index (χ0v) is 14.0. The molecule has 22 heavy (non-hydrogen) atoms. The van der Waals surface area contributed by atoms with Crippen LogP contribution in [0.4, 0.5) is 5.69 Å². The molecule has 0 saturated heterocycles. The van der Waals surface area contributed by atoms with E-state index < -0.39 is 9.84 Å². The maximum Gasteiger partial charge on any atom is 0.199 e. The van der Waals surface area contributed by atoms with Gasteiger partial charge in [-0.1, -0.05) is 49.8 Å². The van der Waals surface area contributed by atoms with Gasteiger partial charge in [-0.15, -0.1) is 12.4 Å². The van der Waals surface area contributed by atoms with Crippen LogP contribution in [0.25, 0.3) is 11.1 Å². The largest absolute Gasteiger partial charge is 0.399 e. The summed E-state index contributed by atoms with van der Waals surface area (Å²) in [5, 5.41) is 1.26. The average Bonchev–Trinajstić information content (AvgIpc) is 2.48. The first-order valence-corrected chi connectivity index (χ1v) is 8.45. The minimum Gasteiger partial charge on any atom is -0.399 e. The summed E-state index contributed by atoms with van der Waals surface area (Å²) in [6.45, 7) is 2.00. The van der Waals surface area contributed by atoms with Crippen molar-refractivity contribution in [1.82, 2.24) is 0 Å². The average molecular weight is 338 g/mol. The number of allylic oxidation sites excluding steroid dienone is 1. The molecular weight excluding hydrogens is 318 g/mol. The molecule has 0 bridgehead atoms. The SMILES string of the molecule is CCC/C=C/S(=O)(=O)c1cc(N)cc(-c2ccccc2)c1.Cl. The van der Waals surface area contributed by atoms with Crippen LogP contribution in [0, 0.1) is 0 Å². The van der Waals surface area contributed by atoms with E-state index in [2.05, 4.69) is 0 Å². The number of halogens is 1. The quantitative estimate of drug-likeness (QED) is 0.820. The van der Waals surface area contributed by atoms with Gasteiger partial charge in [-0.2, -0.15) is 0 Å². The molecule has 0 unspecified atom stereocenters. The minimum atomic E-state index is -3.45. The van der Waals surface area contributed by atoms with Gasteiger partial charge in [-0.3, -0.25) is 0 Å². The molecule has 2 N–H and O–H groups in total. The Hall–Kier alpha value is -1.78. The smallest absolute Gasteiger partial charge is 0.199 e. The molecule has 0 saturated carbocycles. The lowest BCUT2D eigenvalue weighted by molar-refractivity contribution is 0.604. The number of nitrogen functional groups attached to an aromatic ring is 1. The lowest BCUT2D eigenvalue weighted by Gasteiger charge is -2.07. The van der Waals surface area contributed by atoms with Crippen LogP contribution in [0.15, 0.2) is 64.9 Å². The molecule has 0 atom stereocenters. The van der Waals surface area contributed by atoms with Crippen molar-refractivity contribution in [1.29, 1.82) is 0 Å². The molecule has 118 valence electrons. The van der Waals surface area contributed by atoms with Gasteiger partial charge in [0.2, 0.25) is 0 Å². The lowest BCUT2D eigenvalue weighted by atomic mass is 10.1. The van der Waals surface area contributed by atoms with Gasteiger partial charge in [-0.25, -0.2) is 8.42 Å². The Balaban J connectivity index is 0.00000242. The van der Waals surface area contributed by atoms with Crippen LogP contribution in [-0.4, -0.2) is 8.42 Å². The third-order valence-electron chi connectivity index (χ3n) is 3.10. The molecular formula is C17H20ClNO2S. The molecule has 2 aromatic carbocycles. The van der Waals surface area contributed by atoms with Crippen LogP contribution in [0.2, 0.25) is 0 Å². The van der Waals surface area contributed by atoms with E-state index in [4.69, 9.17) is 5.73 Å². The van der Waals surface area contributed by atoms with E-state index in [0.29, 0.717) is 5.69 Å². The van der Waals surface area contributed by atoms with Crippen LogP contribution in [0.3, 0.4) is 0 Å². The Kier molecular flexibility index (Phi) is 6.65. The van der Waals surface area contributed by atoms with Crippen molar-refractivity contribution in [2.24, 2.45) is 0 Å². The fourth-order valence-corrected chi connectivity index (χ4v) is 3.16. The second-order valence-corrected chi connectivity index (χ2v) is 6.70. The van der Waals surface area contributed by atoms with Gasteiger partial charge in [-0.05, 0) is 35.7 Å². The Labute approximate surface area is 138 Å². The number of hydrogen-bond acceptors (Lipinski definition) is 3. The molecule has 0 heterocycles. The summed E-state index contributed by atoms with van der Waals surface area (Å²) in [5.74, 6) is 0. The van der Waals surface area contributed by atoms with Gasteiger partial charge in [0.05, 0.1) is 4.90 Å². The molecule has 0 aliphatic heterocycles. The number of unbranched alkanes of at least 4 members (excludes halogenated alkanes) is 1. The van der Waals surface area contributed by atoms with Gasteiger partial charge < -0.3 is 5.73 Å². The van der Waals surface area contributed by atoms with Crippen molar-refractivity contribution in [2.45, 2.75) is 24.7 Å². The second kappa shape index (κ2) is 8.01. The molecule has 2 aromatic rings. The van der Waals surface area contributed by atoms with Crippen molar-refractivity contribution in [3.63, 3.8) is 0 Å². The van der Waals surface area contributed by atoms with Gasteiger partial charge in [0, 0.05) is 11.1 Å². The van der Waals surface area contributed by atoms with Crippen LogP contribution in [0.1, 0.15) is 19.8 Å². The monoisotopic (exact) mass is 337 g/mol. The summed E-state index contributed by atoms with van der Waals surface area (Å²) in [6, 6.07) is 14.5. The highest BCUT2D eigenvalue weighted by atomic mass is 35.5. The van der Waals surface area contributed by atoms with Crippen molar-refractivity contribution < 1.29 is 8.42 Å². The summed E-state index contributed by atoms with van der Waals surface area (Å²) in [7, 11) is -3.45. The Morgan fingerprint density at radius 1 is 1.05 bits per heavy atom. The number of rotatable bonds is 5. The molecule has 2 rings (SSSR count). The summed E-state index contributed by atoms with van der Waals surface area (Å²) in [4.78, 5) is 0.230. The van der Waals surface area contributed by atoms with Crippen molar-refractivity contribution >= 4 is 27.9 Å². The maximum absolute atomic E-state index is 12.3. The zero-order valence-electron chi connectivity index (χ0n) is 12.4. The Morgan fingerprint density at radius 3 is 2.36 bits per heavy atom. The van der Waals surface area contributed by atoms with Gasteiger partial charge in [0.1, 0.15) is 0 Å². The zero-order chi connectivity index (χ0) is 15.3. The van der Waals surface area contributed by atoms with Crippen molar-refractivity contribution in [2.75, 3.05) is 5.73 Å². The fourth-order valence-electron chi connectivity index (χ4n) is 2.02. The predicted octanol–water partition coefficient (Wildman–Crippen LogP) is 4.45. The van der Waals surface area contributed by atoms with E-state index in [9.17, 15) is 8.42 Å². The first-order valence-electron chi connectivity index (χ1n) is 6.90.